The molecule has 1 atom stereocenters. The van der Waals surface area contributed by atoms with Crippen LogP contribution in [0.15, 0.2) is 24.3 Å². The Morgan fingerprint density at radius 3 is 2.56 bits per heavy atom. The SMILES string of the molecule is CCCCCCN1c2ccccc2C(C)(C)C1C. The smallest absolute Gasteiger partial charge is 0.0407 e. The van der Waals surface area contributed by atoms with E-state index < -0.39 is 0 Å². The van der Waals surface area contributed by atoms with Gasteiger partial charge in [0.2, 0.25) is 0 Å². The minimum atomic E-state index is 0.279. The predicted molar refractivity (Wildman–Crippen MR) is 80.4 cm³/mol. The molecule has 0 amide bonds. The van der Waals surface area contributed by atoms with Crippen molar-refractivity contribution in [3.63, 3.8) is 0 Å². The van der Waals surface area contributed by atoms with E-state index in [1.54, 1.807) is 0 Å². The molecule has 1 aliphatic heterocycles. The number of rotatable bonds is 5. The van der Waals surface area contributed by atoms with Crippen molar-refractivity contribution in [2.45, 2.75) is 64.8 Å². The second-order valence-corrected chi connectivity index (χ2v) is 6.17. The average Bonchev–Trinajstić information content (AvgIpc) is 2.56. The van der Waals surface area contributed by atoms with Crippen molar-refractivity contribution in [1.82, 2.24) is 0 Å². The average molecular weight is 245 g/mol. The summed E-state index contributed by atoms with van der Waals surface area (Å²) in [5, 5.41) is 0. The van der Waals surface area contributed by atoms with Gasteiger partial charge in [-0.15, -0.1) is 0 Å². The highest BCUT2D eigenvalue weighted by Crippen LogP contribution is 2.44. The Labute approximate surface area is 112 Å². The van der Waals surface area contributed by atoms with E-state index in [-0.39, 0.29) is 5.41 Å². The Morgan fingerprint density at radius 1 is 1.11 bits per heavy atom. The fourth-order valence-electron chi connectivity index (χ4n) is 3.12. The fraction of sp³-hybridized carbons (Fsp3) is 0.647. The first kappa shape index (κ1) is 13.5. The second-order valence-electron chi connectivity index (χ2n) is 6.17. The van der Waals surface area contributed by atoms with Gasteiger partial charge in [-0.1, -0.05) is 58.2 Å². The number of anilines is 1. The van der Waals surface area contributed by atoms with Crippen LogP contribution >= 0.6 is 0 Å². The molecule has 1 aliphatic rings. The lowest BCUT2D eigenvalue weighted by Gasteiger charge is -2.31. The predicted octanol–water partition coefficient (Wildman–Crippen LogP) is 4.75. The van der Waals surface area contributed by atoms with Gasteiger partial charge in [-0.05, 0) is 25.0 Å². The summed E-state index contributed by atoms with van der Waals surface area (Å²) >= 11 is 0. The highest BCUT2D eigenvalue weighted by atomic mass is 15.2. The third kappa shape index (κ3) is 2.28. The van der Waals surface area contributed by atoms with Gasteiger partial charge in [0.05, 0.1) is 0 Å². The van der Waals surface area contributed by atoms with Gasteiger partial charge in [0.1, 0.15) is 0 Å². The Kier molecular flexibility index (Phi) is 3.99. The number of hydrogen-bond donors (Lipinski definition) is 0. The van der Waals surface area contributed by atoms with Crippen molar-refractivity contribution in [3.8, 4) is 0 Å². The van der Waals surface area contributed by atoms with Gasteiger partial charge in [0, 0.05) is 23.7 Å². The minimum absolute atomic E-state index is 0.279. The molecule has 100 valence electrons. The van der Waals surface area contributed by atoms with E-state index in [1.807, 2.05) is 0 Å². The number of benzene rings is 1. The Balaban J connectivity index is 2.12. The summed E-state index contributed by atoms with van der Waals surface area (Å²) in [7, 11) is 0. The van der Waals surface area contributed by atoms with Crippen LogP contribution in [0.25, 0.3) is 0 Å². The zero-order chi connectivity index (χ0) is 13.2. The molecule has 1 aromatic carbocycles. The van der Waals surface area contributed by atoms with Gasteiger partial charge < -0.3 is 4.90 Å². The molecule has 2 rings (SSSR count). The molecule has 18 heavy (non-hydrogen) atoms. The third-order valence-corrected chi connectivity index (χ3v) is 4.67. The van der Waals surface area contributed by atoms with E-state index >= 15 is 0 Å². The number of hydrogen-bond acceptors (Lipinski definition) is 1. The number of para-hydroxylation sites is 1. The number of nitrogens with zero attached hydrogens (tertiary/aromatic N) is 1. The van der Waals surface area contributed by atoms with Crippen molar-refractivity contribution < 1.29 is 0 Å². The van der Waals surface area contributed by atoms with E-state index in [4.69, 9.17) is 0 Å². The fourth-order valence-corrected chi connectivity index (χ4v) is 3.12. The minimum Gasteiger partial charge on any atom is -0.368 e. The molecule has 0 aliphatic carbocycles. The molecule has 1 heteroatoms. The van der Waals surface area contributed by atoms with Crippen LogP contribution in [-0.4, -0.2) is 12.6 Å². The van der Waals surface area contributed by atoms with Crippen LogP contribution in [0.3, 0.4) is 0 Å². The summed E-state index contributed by atoms with van der Waals surface area (Å²) in [5.41, 5.74) is 3.26. The molecule has 1 unspecified atom stereocenters. The molecule has 0 saturated heterocycles. The van der Waals surface area contributed by atoms with Crippen LogP contribution in [0.5, 0.6) is 0 Å². The summed E-state index contributed by atoms with van der Waals surface area (Å²) in [4.78, 5) is 2.62. The van der Waals surface area contributed by atoms with E-state index in [0.29, 0.717) is 6.04 Å². The number of fused-ring (bicyclic) bond motifs is 1. The maximum atomic E-state index is 2.62. The monoisotopic (exact) mass is 245 g/mol. The molecule has 0 aromatic heterocycles. The summed E-state index contributed by atoms with van der Waals surface area (Å²) in [6.45, 7) is 10.6. The van der Waals surface area contributed by atoms with E-state index in [9.17, 15) is 0 Å². The van der Waals surface area contributed by atoms with Crippen LogP contribution < -0.4 is 4.90 Å². The van der Waals surface area contributed by atoms with Crippen LogP contribution in [0.2, 0.25) is 0 Å². The Morgan fingerprint density at radius 2 is 1.83 bits per heavy atom. The van der Waals surface area contributed by atoms with Crippen LogP contribution in [0, 0.1) is 0 Å². The van der Waals surface area contributed by atoms with Crippen LogP contribution in [-0.2, 0) is 5.41 Å². The maximum absolute atomic E-state index is 2.62. The summed E-state index contributed by atoms with van der Waals surface area (Å²) < 4.78 is 0. The van der Waals surface area contributed by atoms with E-state index in [2.05, 4.69) is 56.9 Å². The molecule has 0 bridgehead atoms. The first-order valence-corrected chi connectivity index (χ1v) is 7.45. The molecule has 0 spiro atoms. The van der Waals surface area contributed by atoms with Crippen molar-refractivity contribution in [2.75, 3.05) is 11.4 Å². The molecular weight excluding hydrogens is 218 g/mol. The molecule has 1 nitrogen and oxygen atoms in total. The van der Waals surface area contributed by atoms with Crippen molar-refractivity contribution in [3.05, 3.63) is 29.8 Å². The first-order chi connectivity index (χ1) is 8.59. The number of unbranched alkanes of at least 4 members (excludes halogenated alkanes) is 3. The van der Waals surface area contributed by atoms with Crippen LogP contribution in [0.4, 0.5) is 5.69 Å². The highest BCUT2D eigenvalue weighted by Gasteiger charge is 2.40. The highest BCUT2D eigenvalue weighted by molar-refractivity contribution is 5.63. The summed E-state index contributed by atoms with van der Waals surface area (Å²) in [6, 6.07) is 9.55. The van der Waals surface area contributed by atoms with Gasteiger partial charge in [-0.25, -0.2) is 0 Å². The van der Waals surface area contributed by atoms with Gasteiger partial charge in [-0.3, -0.25) is 0 Å². The van der Waals surface area contributed by atoms with Gasteiger partial charge >= 0.3 is 0 Å². The molecule has 0 saturated carbocycles. The van der Waals surface area contributed by atoms with Crippen molar-refractivity contribution >= 4 is 5.69 Å². The quantitative estimate of drug-likeness (QED) is 0.676. The standard InChI is InChI=1S/C17H27N/c1-5-6-7-10-13-18-14(2)17(3,4)15-11-8-9-12-16(15)18/h8-9,11-12,14H,5-7,10,13H2,1-4H3. The third-order valence-electron chi connectivity index (χ3n) is 4.67. The van der Waals surface area contributed by atoms with Crippen molar-refractivity contribution in [2.24, 2.45) is 0 Å². The largest absolute Gasteiger partial charge is 0.368 e. The van der Waals surface area contributed by atoms with Gasteiger partial charge in [-0.2, -0.15) is 0 Å². The van der Waals surface area contributed by atoms with Gasteiger partial charge in [0.15, 0.2) is 0 Å². The second kappa shape index (κ2) is 5.34. The molecule has 0 radical (unpaired) electrons. The zero-order valence-corrected chi connectivity index (χ0v) is 12.4. The topological polar surface area (TPSA) is 3.24 Å². The first-order valence-electron chi connectivity index (χ1n) is 7.45. The van der Waals surface area contributed by atoms with E-state index in [1.165, 1.54) is 43.5 Å². The summed E-state index contributed by atoms with van der Waals surface area (Å²) in [6.07, 6.45) is 5.37. The van der Waals surface area contributed by atoms with Crippen molar-refractivity contribution in [1.29, 1.82) is 0 Å². The van der Waals surface area contributed by atoms with E-state index in [0.717, 1.165) is 0 Å². The molecular formula is C17H27N. The normalized spacial score (nSPS) is 21.1. The lowest BCUT2D eigenvalue weighted by molar-refractivity contribution is 0.437. The lowest BCUT2D eigenvalue weighted by Crippen LogP contribution is -2.39. The maximum Gasteiger partial charge on any atom is 0.0407 e. The Bertz CT molecular complexity index is 394. The summed E-state index contributed by atoms with van der Waals surface area (Å²) in [5.74, 6) is 0. The molecule has 1 aromatic rings. The molecule has 1 heterocycles. The van der Waals surface area contributed by atoms with Gasteiger partial charge in [0.25, 0.3) is 0 Å². The molecule has 0 N–H and O–H groups in total. The Hall–Kier alpha value is -0.980. The van der Waals surface area contributed by atoms with Crippen LogP contribution in [0.1, 0.15) is 58.9 Å². The molecule has 0 fully saturated rings. The lowest BCUT2D eigenvalue weighted by atomic mass is 9.81. The zero-order valence-electron chi connectivity index (χ0n) is 12.4.